The Morgan fingerprint density at radius 1 is 0.331 bits per heavy atom. The van der Waals surface area contributed by atoms with Crippen LogP contribution < -0.4 is 0 Å². The molecular weight excluding hydrogens is 1540 g/mol. The van der Waals surface area contributed by atoms with Gasteiger partial charge in [-0.15, -0.1) is 0 Å². The van der Waals surface area contributed by atoms with Crippen molar-refractivity contribution in [3.05, 3.63) is 12.2 Å². The summed E-state index contributed by atoms with van der Waals surface area (Å²) in [5.74, 6) is -2.95. The van der Waals surface area contributed by atoms with E-state index in [1.165, 1.54) is 186 Å². The van der Waals surface area contributed by atoms with Gasteiger partial charge in [-0.2, -0.15) is 0 Å². The van der Waals surface area contributed by atoms with E-state index in [0.29, 0.717) is 32.1 Å². The number of unbranched alkanes of at least 4 members (excludes halogenated alkanes) is 52. The molecule has 3 aliphatic rings. The number of carbonyl (C=O) groups is 4. The van der Waals surface area contributed by atoms with Crippen LogP contribution in [0, 0.1) is 0 Å². The molecule has 3 rings (SSSR count). The van der Waals surface area contributed by atoms with Crippen LogP contribution in [0.25, 0.3) is 0 Å². The SMILES string of the molecule is CCCCCC/C=C\CCCCCCCCCC(=O)OCC(COP(=O)(O)OC1C(OC2OC(CO)C(O)C(O)C2O)C(O)C(O)C(OC(=O)CCCCCCCCCCCCCCCCC)C1OC1OC(COC(=O)CCCCCCCCCCCCCCC)C(O)C(O)C1O)OC(=O)CCCCCCCCCCCCCCCCCC. The largest absolute Gasteiger partial charge is 0.472 e. The first-order chi connectivity index (χ1) is 57.2. The molecule has 2 aliphatic heterocycles. The fourth-order valence-corrected chi connectivity index (χ4v) is 16.9. The summed E-state index contributed by atoms with van der Waals surface area (Å²) in [5, 5.41) is 102. The lowest BCUT2D eigenvalue weighted by Gasteiger charge is -2.50. The Bertz CT molecular complexity index is 2500. The van der Waals surface area contributed by atoms with Crippen molar-refractivity contribution in [2.45, 2.75) is 524 Å². The summed E-state index contributed by atoms with van der Waals surface area (Å²) in [6.45, 7) is 5.62. The zero-order chi connectivity index (χ0) is 86.1. The van der Waals surface area contributed by atoms with Crippen LogP contribution >= 0.6 is 7.82 Å². The van der Waals surface area contributed by atoms with Crippen LogP contribution in [0.5, 0.6) is 0 Å². The van der Waals surface area contributed by atoms with E-state index in [2.05, 4.69) is 39.8 Å². The van der Waals surface area contributed by atoms with Gasteiger partial charge >= 0.3 is 31.7 Å². The summed E-state index contributed by atoms with van der Waals surface area (Å²) < 4.78 is 73.5. The van der Waals surface area contributed by atoms with Crippen molar-refractivity contribution in [3.8, 4) is 0 Å². The van der Waals surface area contributed by atoms with Gasteiger partial charge in [0.15, 0.2) is 24.8 Å². The molecular formula is C92H171O25P. The maximum absolute atomic E-state index is 14.9. The van der Waals surface area contributed by atoms with Gasteiger partial charge in [-0.1, -0.05) is 354 Å². The molecule has 2 heterocycles. The van der Waals surface area contributed by atoms with Gasteiger partial charge in [0.1, 0.15) is 92.6 Å². The lowest BCUT2D eigenvalue weighted by molar-refractivity contribution is -0.360. The number of phosphoric ester groups is 1. The van der Waals surface area contributed by atoms with Crippen LogP contribution in [0.4, 0.5) is 0 Å². The number of rotatable bonds is 78. The van der Waals surface area contributed by atoms with Gasteiger partial charge < -0.3 is 88.7 Å². The molecule has 18 unspecified atom stereocenters. The molecule has 0 aromatic carbocycles. The summed E-state index contributed by atoms with van der Waals surface area (Å²) in [6.07, 6.45) is 30.4. The second-order valence-corrected chi connectivity index (χ2v) is 35.6. The number of allylic oxidation sites excluding steroid dienone is 2. The first-order valence-corrected chi connectivity index (χ1v) is 49.4. The third kappa shape index (κ3) is 51.0. The predicted octanol–water partition coefficient (Wildman–Crippen LogP) is 17.9. The lowest BCUT2D eigenvalue weighted by atomic mass is 9.84. The minimum Gasteiger partial charge on any atom is -0.463 e. The maximum Gasteiger partial charge on any atom is 0.472 e. The molecule has 25 nitrogen and oxygen atoms in total. The average Bonchev–Trinajstić information content (AvgIpc) is 0.754. The first kappa shape index (κ1) is 109. The highest BCUT2D eigenvalue weighted by molar-refractivity contribution is 7.47. The van der Waals surface area contributed by atoms with Crippen LogP contribution in [-0.2, 0) is 70.7 Å². The molecule has 0 aromatic heterocycles. The van der Waals surface area contributed by atoms with Crippen molar-refractivity contribution in [1.82, 2.24) is 0 Å². The minimum atomic E-state index is -5.81. The highest BCUT2D eigenvalue weighted by Gasteiger charge is 2.60. The van der Waals surface area contributed by atoms with Gasteiger partial charge in [-0.3, -0.25) is 28.2 Å². The van der Waals surface area contributed by atoms with E-state index >= 15 is 0 Å². The number of esters is 4. The van der Waals surface area contributed by atoms with E-state index in [9.17, 15) is 74.6 Å². The van der Waals surface area contributed by atoms with Crippen LogP contribution in [0.2, 0.25) is 0 Å². The average molecular weight is 1710 g/mol. The predicted molar refractivity (Wildman–Crippen MR) is 458 cm³/mol. The quantitative estimate of drug-likeness (QED) is 0.00889. The first-order valence-electron chi connectivity index (χ1n) is 47.9. The van der Waals surface area contributed by atoms with E-state index in [-0.39, 0.29) is 25.7 Å². The standard InChI is InChI=1S/C92H171O25P/c1-5-9-13-17-21-25-29-33-36-39-43-46-50-54-58-62-66-77(96)111-72(69-108-75(94)64-60-56-52-48-45-41-37-34-30-26-22-18-14-10-6-2)70-110-118(106,107)117-90-88(115-91-85(104)81(100)79(98)73(68-93)112-91)84(103)83(102)87(114-78(97)67-63-59-55-51-47-42-38-35-31-27-23-19-15-11-7-3)89(90)116-92-86(105)82(101)80(99)74(113-92)71-109-76(95)65-61-57-53-49-44-40-32-28-24-20-16-12-8-4/h26,30,72-74,79-93,98-105H,5-25,27-29,31-71H2,1-4H3,(H,106,107)/b30-26-. The van der Waals surface area contributed by atoms with Crippen LogP contribution in [0.1, 0.15) is 419 Å². The van der Waals surface area contributed by atoms with Gasteiger partial charge in [0.05, 0.1) is 13.2 Å². The third-order valence-corrected chi connectivity index (χ3v) is 24.5. The number of aliphatic hydroxyl groups excluding tert-OH is 9. The molecule has 1 aliphatic carbocycles. The van der Waals surface area contributed by atoms with Crippen molar-refractivity contribution in [2.24, 2.45) is 0 Å². The number of ether oxygens (including phenoxy) is 8. The fraction of sp³-hybridized carbons (Fsp3) is 0.935. The topological polar surface area (TPSA) is 380 Å². The number of aliphatic hydroxyl groups is 9. The summed E-state index contributed by atoms with van der Waals surface area (Å²) >= 11 is 0. The molecule has 0 aromatic rings. The van der Waals surface area contributed by atoms with Gasteiger partial charge in [0, 0.05) is 25.7 Å². The second kappa shape index (κ2) is 71.4. The van der Waals surface area contributed by atoms with Gasteiger partial charge in [0.2, 0.25) is 0 Å². The molecule has 118 heavy (non-hydrogen) atoms. The Morgan fingerprint density at radius 3 is 1.02 bits per heavy atom. The summed E-state index contributed by atoms with van der Waals surface area (Å²) in [5.41, 5.74) is 0. The normalized spacial score (nSPS) is 24.9. The van der Waals surface area contributed by atoms with E-state index in [1.54, 1.807) is 0 Å². The Balaban J connectivity index is 1.91. The van der Waals surface area contributed by atoms with Crippen molar-refractivity contribution in [3.63, 3.8) is 0 Å². The van der Waals surface area contributed by atoms with E-state index < -0.39 is 162 Å². The zero-order valence-corrected chi connectivity index (χ0v) is 74.9. The molecule has 0 amide bonds. The molecule has 10 N–H and O–H groups in total. The highest BCUT2D eigenvalue weighted by Crippen LogP contribution is 2.49. The molecule has 0 radical (unpaired) electrons. The molecule has 1 saturated carbocycles. The van der Waals surface area contributed by atoms with Crippen molar-refractivity contribution in [1.29, 1.82) is 0 Å². The molecule has 0 bridgehead atoms. The van der Waals surface area contributed by atoms with Crippen molar-refractivity contribution < 1.29 is 122 Å². The highest BCUT2D eigenvalue weighted by atomic mass is 31.2. The summed E-state index contributed by atoms with van der Waals surface area (Å²) in [7, 11) is -5.81. The smallest absolute Gasteiger partial charge is 0.463 e. The molecule has 2 saturated heterocycles. The molecule has 3 fully saturated rings. The van der Waals surface area contributed by atoms with Gasteiger partial charge in [-0.25, -0.2) is 4.57 Å². The van der Waals surface area contributed by atoms with E-state index in [0.717, 1.165) is 148 Å². The number of phosphoric acid groups is 1. The third-order valence-electron chi connectivity index (χ3n) is 23.5. The Labute approximate surface area is 712 Å². The molecule has 26 heteroatoms. The maximum atomic E-state index is 14.9. The molecule has 0 spiro atoms. The van der Waals surface area contributed by atoms with E-state index in [4.69, 9.17) is 46.9 Å². The van der Waals surface area contributed by atoms with Gasteiger partial charge in [-0.05, 0) is 51.4 Å². The molecule has 694 valence electrons. The van der Waals surface area contributed by atoms with Crippen LogP contribution in [0.3, 0.4) is 0 Å². The zero-order valence-electron chi connectivity index (χ0n) is 74.0. The summed E-state index contributed by atoms with van der Waals surface area (Å²) in [6, 6.07) is 0. The van der Waals surface area contributed by atoms with E-state index in [1.807, 2.05) is 0 Å². The monoisotopic (exact) mass is 1710 g/mol. The second-order valence-electron chi connectivity index (χ2n) is 34.2. The Morgan fingerprint density at radius 2 is 0.636 bits per heavy atom. The van der Waals surface area contributed by atoms with Crippen molar-refractivity contribution >= 4 is 31.7 Å². The van der Waals surface area contributed by atoms with Crippen LogP contribution in [-0.4, -0.2) is 205 Å². The Hall–Kier alpha value is -2.79. The Kier molecular flexibility index (Phi) is 66.2. The number of hydrogen-bond donors (Lipinski definition) is 10. The fourth-order valence-electron chi connectivity index (χ4n) is 15.9. The number of hydrogen-bond acceptors (Lipinski definition) is 24. The molecule has 18 atom stereocenters. The lowest BCUT2D eigenvalue weighted by Crippen LogP contribution is -2.70. The van der Waals surface area contributed by atoms with Crippen molar-refractivity contribution in [2.75, 3.05) is 26.4 Å². The van der Waals surface area contributed by atoms with Crippen LogP contribution in [0.15, 0.2) is 12.2 Å². The van der Waals surface area contributed by atoms with Gasteiger partial charge in [0.25, 0.3) is 0 Å². The summed E-state index contributed by atoms with van der Waals surface area (Å²) in [4.78, 5) is 66.5. The minimum absolute atomic E-state index is 0.0187. The number of carbonyl (C=O) groups excluding carboxylic acids is 4.